The summed E-state index contributed by atoms with van der Waals surface area (Å²) in [5.41, 5.74) is -0.130. The van der Waals surface area contributed by atoms with Crippen LogP contribution in [0.15, 0.2) is 24.3 Å². The Hall–Kier alpha value is -2.96. The SMILES string of the molecule is CN(C)c1nc(NCC(F)(F)c2ccc(Cl)cc2)nc(N(C)C)n1.O=C(O)C(F)(F)F. The number of aromatic nitrogens is 3. The first-order valence-corrected chi connectivity index (χ1v) is 8.80. The predicted molar refractivity (Wildman–Crippen MR) is 106 cm³/mol. The van der Waals surface area contributed by atoms with E-state index in [0.29, 0.717) is 16.9 Å². The molecule has 1 aromatic carbocycles. The van der Waals surface area contributed by atoms with Crippen molar-refractivity contribution >= 4 is 35.4 Å². The van der Waals surface area contributed by atoms with Crippen LogP contribution in [-0.2, 0) is 10.7 Å². The van der Waals surface area contributed by atoms with Crippen molar-refractivity contribution in [2.45, 2.75) is 12.1 Å². The number of carbonyl (C=O) groups is 1. The average Bonchev–Trinajstić information content (AvgIpc) is 2.66. The first-order valence-electron chi connectivity index (χ1n) is 8.42. The highest BCUT2D eigenvalue weighted by atomic mass is 35.5. The second-order valence-corrected chi connectivity index (χ2v) is 6.85. The number of carboxylic acid groups (broad SMARTS) is 1. The number of hydrogen-bond donors (Lipinski definition) is 2. The number of nitrogens with zero attached hydrogens (tertiary/aromatic N) is 5. The van der Waals surface area contributed by atoms with Gasteiger partial charge >= 0.3 is 12.1 Å². The lowest BCUT2D eigenvalue weighted by Crippen LogP contribution is -2.27. The quantitative estimate of drug-likeness (QED) is 0.620. The smallest absolute Gasteiger partial charge is 0.475 e. The summed E-state index contributed by atoms with van der Waals surface area (Å²) in [4.78, 5) is 24.8. The fourth-order valence-electron chi connectivity index (χ4n) is 1.82. The van der Waals surface area contributed by atoms with Crippen LogP contribution in [0.2, 0.25) is 5.02 Å². The fraction of sp³-hybridized carbons (Fsp3) is 0.412. The van der Waals surface area contributed by atoms with Crippen molar-refractivity contribution in [1.29, 1.82) is 0 Å². The lowest BCUT2D eigenvalue weighted by molar-refractivity contribution is -0.192. The molecule has 0 fully saturated rings. The maximum absolute atomic E-state index is 14.3. The summed E-state index contributed by atoms with van der Waals surface area (Å²) in [6.45, 7) is -0.640. The van der Waals surface area contributed by atoms with Crippen molar-refractivity contribution in [3.05, 3.63) is 34.9 Å². The summed E-state index contributed by atoms with van der Waals surface area (Å²) in [5.74, 6) is -5.00. The number of nitrogens with one attached hydrogen (secondary N) is 1. The molecule has 0 aliphatic rings. The third kappa shape index (κ3) is 8.36. The fourth-order valence-corrected chi connectivity index (χ4v) is 1.94. The topological polar surface area (TPSA) is 94.5 Å². The van der Waals surface area contributed by atoms with Gasteiger partial charge in [-0.15, -0.1) is 0 Å². The molecular weight excluding hydrogens is 451 g/mol. The summed E-state index contributed by atoms with van der Waals surface area (Å²) in [5, 5.41) is 10.1. The highest BCUT2D eigenvalue weighted by Gasteiger charge is 2.38. The second kappa shape index (κ2) is 10.4. The van der Waals surface area contributed by atoms with E-state index in [4.69, 9.17) is 21.5 Å². The Bertz CT molecular complexity index is 852. The molecule has 0 aliphatic carbocycles. The Labute approximate surface area is 179 Å². The van der Waals surface area contributed by atoms with Gasteiger partial charge in [-0.25, -0.2) is 4.79 Å². The number of alkyl halides is 5. The van der Waals surface area contributed by atoms with Gasteiger partial charge in [0.05, 0.1) is 6.54 Å². The Morgan fingerprint density at radius 2 is 1.39 bits per heavy atom. The lowest BCUT2D eigenvalue weighted by atomic mass is 10.1. The van der Waals surface area contributed by atoms with Crippen LogP contribution in [0.4, 0.5) is 39.8 Å². The lowest BCUT2D eigenvalue weighted by Gasteiger charge is -2.19. The summed E-state index contributed by atoms with van der Waals surface area (Å²) in [6, 6.07) is 5.46. The molecule has 172 valence electrons. The molecule has 0 atom stereocenters. The van der Waals surface area contributed by atoms with Gasteiger partial charge in [-0.05, 0) is 12.1 Å². The molecule has 0 aliphatic heterocycles. The van der Waals surface area contributed by atoms with Crippen LogP contribution in [0.3, 0.4) is 0 Å². The van der Waals surface area contributed by atoms with E-state index < -0.39 is 24.6 Å². The number of carboxylic acids is 1. The molecule has 0 radical (unpaired) electrons. The van der Waals surface area contributed by atoms with Crippen molar-refractivity contribution in [2.24, 2.45) is 0 Å². The van der Waals surface area contributed by atoms with E-state index in [1.54, 1.807) is 38.0 Å². The standard InChI is InChI=1S/C15H19ClF2N6.C2HF3O2/c1-23(2)13-20-12(21-14(22-13)24(3)4)19-9-15(17,18)10-5-7-11(16)8-6-10;3-2(4,5)1(6)7/h5-8H,9H2,1-4H3,(H,19,20,21,22);(H,6,7). The van der Waals surface area contributed by atoms with Crippen LogP contribution < -0.4 is 15.1 Å². The van der Waals surface area contributed by atoms with Crippen molar-refractivity contribution < 1.29 is 31.9 Å². The van der Waals surface area contributed by atoms with Gasteiger partial charge in [-0.2, -0.15) is 36.9 Å². The van der Waals surface area contributed by atoms with Crippen LogP contribution in [0, 0.1) is 0 Å². The first kappa shape index (κ1) is 26.1. The molecule has 0 amide bonds. The number of benzene rings is 1. The Kier molecular flexibility index (Phi) is 8.73. The highest BCUT2D eigenvalue weighted by molar-refractivity contribution is 6.30. The van der Waals surface area contributed by atoms with Crippen molar-refractivity contribution in [2.75, 3.05) is 49.9 Å². The zero-order valence-electron chi connectivity index (χ0n) is 16.9. The van der Waals surface area contributed by atoms with Gasteiger partial charge in [0.15, 0.2) is 0 Å². The van der Waals surface area contributed by atoms with E-state index in [1.165, 1.54) is 24.3 Å². The van der Waals surface area contributed by atoms with E-state index in [0.717, 1.165) is 0 Å². The van der Waals surface area contributed by atoms with Crippen LogP contribution in [0.1, 0.15) is 5.56 Å². The molecule has 2 aromatic rings. The Morgan fingerprint density at radius 1 is 0.968 bits per heavy atom. The number of rotatable bonds is 6. The molecule has 0 saturated carbocycles. The second-order valence-electron chi connectivity index (χ2n) is 6.42. The molecule has 2 rings (SSSR count). The summed E-state index contributed by atoms with van der Waals surface area (Å²) in [6.07, 6.45) is -5.08. The Morgan fingerprint density at radius 3 is 1.74 bits per heavy atom. The van der Waals surface area contributed by atoms with Crippen LogP contribution in [0.5, 0.6) is 0 Å². The minimum Gasteiger partial charge on any atom is -0.475 e. The monoisotopic (exact) mass is 470 g/mol. The van der Waals surface area contributed by atoms with E-state index in [9.17, 15) is 22.0 Å². The molecule has 8 nitrogen and oxygen atoms in total. The number of halogens is 6. The van der Waals surface area contributed by atoms with Gasteiger partial charge in [0, 0.05) is 38.8 Å². The number of aliphatic carboxylic acids is 1. The van der Waals surface area contributed by atoms with Gasteiger partial charge < -0.3 is 20.2 Å². The van der Waals surface area contributed by atoms with Crippen molar-refractivity contribution in [1.82, 2.24) is 15.0 Å². The van der Waals surface area contributed by atoms with Gasteiger partial charge in [-0.1, -0.05) is 23.7 Å². The van der Waals surface area contributed by atoms with E-state index in [-0.39, 0.29) is 11.5 Å². The maximum Gasteiger partial charge on any atom is 0.490 e. The van der Waals surface area contributed by atoms with Crippen molar-refractivity contribution in [3.63, 3.8) is 0 Å². The third-order valence-corrected chi connectivity index (χ3v) is 3.64. The molecule has 0 spiro atoms. The molecule has 1 heterocycles. The minimum absolute atomic E-state index is 0.0889. The minimum atomic E-state index is -5.08. The summed E-state index contributed by atoms with van der Waals surface area (Å²) < 4.78 is 60.3. The summed E-state index contributed by atoms with van der Waals surface area (Å²) in [7, 11) is 7.06. The van der Waals surface area contributed by atoms with E-state index in [2.05, 4.69) is 20.3 Å². The van der Waals surface area contributed by atoms with Crippen molar-refractivity contribution in [3.8, 4) is 0 Å². The zero-order valence-corrected chi connectivity index (χ0v) is 17.6. The maximum atomic E-state index is 14.3. The molecule has 0 bridgehead atoms. The number of anilines is 3. The van der Waals surface area contributed by atoms with E-state index >= 15 is 0 Å². The molecule has 0 unspecified atom stereocenters. The van der Waals surface area contributed by atoms with Gasteiger partial charge in [0.2, 0.25) is 17.8 Å². The molecule has 31 heavy (non-hydrogen) atoms. The van der Waals surface area contributed by atoms with Crippen LogP contribution >= 0.6 is 11.6 Å². The van der Waals surface area contributed by atoms with Gasteiger partial charge in [0.25, 0.3) is 5.92 Å². The third-order valence-electron chi connectivity index (χ3n) is 3.39. The average molecular weight is 471 g/mol. The normalized spacial score (nSPS) is 11.3. The van der Waals surface area contributed by atoms with Gasteiger partial charge in [0.1, 0.15) is 0 Å². The Balaban J connectivity index is 0.000000592. The van der Waals surface area contributed by atoms with Gasteiger partial charge in [-0.3, -0.25) is 0 Å². The largest absolute Gasteiger partial charge is 0.490 e. The highest BCUT2D eigenvalue weighted by Crippen LogP contribution is 2.29. The number of hydrogen-bond acceptors (Lipinski definition) is 7. The molecule has 1 aromatic heterocycles. The van der Waals surface area contributed by atoms with Crippen LogP contribution in [-0.4, -0.2) is 66.9 Å². The molecule has 0 saturated heterocycles. The van der Waals surface area contributed by atoms with E-state index in [1.807, 2.05) is 0 Å². The summed E-state index contributed by atoms with van der Waals surface area (Å²) >= 11 is 5.73. The molecule has 2 N–H and O–H groups in total. The predicted octanol–water partition coefficient (Wildman–Crippen LogP) is 3.49. The first-order chi connectivity index (χ1) is 14.1. The van der Waals surface area contributed by atoms with Crippen LogP contribution in [0.25, 0.3) is 0 Å². The zero-order chi connectivity index (χ0) is 24.0. The molecular formula is C17H20ClF5N6O2. The molecule has 14 heteroatoms.